The van der Waals surface area contributed by atoms with E-state index in [0.717, 1.165) is 22.6 Å². The first kappa shape index (κ1) is 19.4. The van der Waals surface area contributed by atoms with Gasteiger partial charge in [-0.15, -0.1) is 0 Å². The smallest absolute Gasteiger partial charge is 0.331 e. The van der Waals surface area contributed by atoms with Crippen molar-refractivity contribution in [1.29, 1.82) is 0 Å². The SMILES string of the molecule is COc1ccc(C2=NN(C(=O)COC(=O)C=C(C)C)[C@@H](c3ccco3)C2)cc1. The Bertz CT molecular complexity index is 893. The van der Waals surface area contributed by atoms with Crippen LogP contribution in [0.5, 0.6) is 5.75 Å². The Morgan fingerprint density at radius 2 is 2.00 bits per heavy atom. The van der Waals surface area contributed by atoms with Crippen LogP contribution < -0.4 is 4.74 Å². The van der Waals surface area contributed by atoms with Gasteiger partial charge < -0.3 is 13.9 Å². The zero-order valence-corrected chi connectivity index (χ0v) is 16.0. The molecule has 2 aromatic rings. The summed E-state index contributed by atoms with van der Waals surface area (Å²) < 4.78 is 15.7. The molecule has 7 heteroatoms. The second-order valence-electron chi connectivity index (χ2n) is 6.58. The van der Waals surface area contributed by atoms with Crippen molar-refractivity contribution < 1.29 is 23.5 Å². The fourth-order valence-electron chi connectivity index (χ4n) is 2.88. The molecule has 0 radical (unpaired) electrons. The monoisotopic (exact) mass is 382 g/mol. The molecule has 7 nitrogen and oxygen atoms in total. The number of allylic oxidation sites excluding steroid dienone is 1. The van der Waals surface area contributed by atoms with E-state index in [0.29, 0.717) is 12.2 Å². The Labute approximate surface area is 163 Å². The predicted molar refractivity (Wildman–Crippen MR) is 103 cm³/mol. The lowest BCUT2D eigenvalue weighted by Gasteiger charge is -2.19. The van der Waals surface area contributed by atoms with Crippen LogP contribution in [0, 0.1) is 0 Å². The van der Waals surface area contributed by atoms with E-state index in [1.807, 2.05) is 24.3 Å². The highest BCUT2D eigenvalue weighted by molar-refractivity contribution is 6.03. The van der Waals surface area contributed by atoms with Crippen molar-refractivity contribution in [2.24, 2.45) is 5.10 Å². The largest absolute Gasteiger partial charge is 0.497 e. The molecular weight excluding hydrogens is 360 g/mol. The average Bonchev–Trinajstić information content (AvgIpc) is 3.35. The summed E-state index contributed by atoms with van der Waals surface area (Å²) in [6, 6.07) is 10.6. The van der Waals surface area contributed by atoms with Gasteiger partial charge in [0.2, 0.25) is 0 Å². The first-order chi connectivity index (χ1) is 13.5. The summed E-state index contributed by atoms with van der Waals surface area (Å²) in [4.78, 5) is 24.4. The Morgan fingerprint density at radius 3 is 2.61 bits per heavy atom. The van der Waals surface area contributed by atoms with Crippen molar-refractivity contribution in [3.8, 4) is 5.75 Å². The molecular formula is C21H22N2O5. The number of carbonyl (C=O) groups excluding carboxylic acids is 2. The first-order valence-corrected chi connectivity index (χ1v) is 8.87. The van der Waals surface area contributed by atoms with Crippen LogP contribution in [0.25, 0.3) is 0 Å². The number of methoxy groups -OCH3 is 1. The molecule has 3 rings (SSSR count). The summed E-state index contributed by atoms with van der Waals surface area (Å²) in [6.07, 6.45) is 3.39. The molecule has 1 aliphatic heterocycles. The van der Waals surface area contributed by atoms with E-state index in [-0.39, 0.29) is 12.6 Å². The van der Waals surface area contributed by atoms with Gasteiger partial charge in [0, 0.05) is 12.5 Å². The molecule has 0 aliphatic carbocycles. The fourth-order valence-corrected chi connectivity index (χ4v) is 2.88. The number of rotatable bonds is 6. The molecule has 1 aliphatic rings. The number of carbonyl (C=O) groups is 2. The summed E-state index contributed by atoms with van der Waals surface area (Å²) in [5, 5.41) is 5.81. The van der Waals surface area contributed by atoms with Gasteiger partial charge in [0.15, 0.2) is 6.61 Å². The quantitative estimate of drug-likeness (QED) is 0.564. The predicted octanol–water partition coefficient (Wildman–Crippen LogP) is 3.48. The summed E-state index contributed by atoms with van der Waals surface area (Å²) in [5.41, 5.74) is 2.43. The van der Waals surface area contributed by atoms with E-state index in [4.69, 9.17) is 13.9 Å². The number of hydrogen-bond donors (Lipinski definition) is 0. The number of esters is 1. The van der Waals surface area contributed by atoms with Gasteiger partial charge >= 0.3 is 5.97 Å². The minimum Gasteiger partial charge on any atom is -0.497 e. The Kier molecular flexibility index (Phi) is 5.93. The Morgan fingerprint density at radius 1 is 1.25 bits per heavy atom. The second-order valence-corrected chi connectivity index (χ2v) is 6.58. The van der Waals surface area contributed by atoms with Gasteiger partial charge in [0.25, 0.3) is 5.91 Å². The van der Waals surface area contributed by atoms with Crippen molar-refractivity contribution in [3.63, 3.8) is 0 Å². The number of amides is 1. The number of ether oxygens (including phenoxy) is 2. The maximum atomic E-state index is 12.7. The average molecular weight is 382 g/mol. The van der Waals surface area contributed by atoms with Crippen LogP contribution in [-0.2, 0) is 14.3 Å². The molecule has 0 saturated heterocycles. The third-order valence-electron chi connectivity index (χ3n) is 4.21. The summed E-state index contributed by atoms with van der Waals surface area (Å²) in [5.74, 6) is 0.391. The number of hydrazone groups is 1. The Hall–Kier alpha value is -3.35. The standard InChI is InChI=1S/C21H22N2O5/c1-14(2)11-21(25)28-13-20(24)23-18(19-5-4-10-27-19)12-17(22-23)15-6-8-16(26-3)9-7-15/h4-11,18H,12-13H2,1-3H3/t18-/m1/s1. The van der Waals surface area contributed by atoms with E-state index in [2.05, 4.69) is 5.10 Å². The topological polar surface area (TPSA) is 81.3 Å². The normalized spacial score (nSPS) is 15.8. The molecule has 0 N–H and O–H groups in total. The second kappa shape index (κ2) is 8.56. The van der Waals surface area contributed by atoms with Crippen LogP contribution in [0.4, 0.5) is 0 Å². The van der Waals surface area contributed by atoms with Crippen molar-refractivity contribution in [3.05, 3.63) is 65.6 Å². The summed E-state index contributed by atoms with van der Waals surface area (Å²) in [7, 11) is 1.60. The van der Waals surface area contributed by atoms with Crippen molar-refractivity contribution in [2.45, 2.75) is 26.3 Å². The van der Waals surface area contributed by atoms with Crippen molar-refractivity contribution in [2.75, 3.05) is 13.7 Å². The van der Waals surface area contributed by atoms with E-state index in [1.54, 1.807) is 39.4 Å². The molecule has 0 bridgehead atoms. The highest BCUT2D eigenvalue weighted by atomic mass is 16.5. The number of benzene rings is 1. The number of furan rings is 1. The maximum absolute atomic E-state index is 12.7. The molecule has 2 heterocycles. The van der Waals surface area contributed by atoms with E-state index >= 15 is 0 Å². The van der Waals surface area contributed by atoms with Crippen molar-refractivity contribution >= 4 is 17.6 Å². The van der Waals surface area contributed by atoms with Gasteiger partial charge in [0.1, 0.15) is 17.6 Å². The van der Waals surface area contributed by atoms with Gasteiger partial charge in [-0.05, 0) is 55.8 Å². The van der Waals surface area contributed by atoms with Gasteiger partial charge in [0.05, 0.1) is 19.1 Å². The minimum atomic E-state index is -0.554. The molecule has 1 aromatic carbocycles. The fraction of sp³-hybridized carbons (Fsp3) is 0.286. The van der Waals surface area contributed by atoms with Crippen LogP contribution >= 0.6 is 0 Å². The van der Waals surface area contributed by atoms with Gasteiger partial charge in [-0.2, -0.15) is 5.10 Å². The molecule has 1 atom stereocenters. The van der Waals surface area contributed by atoms with Gasteiger partial charge in [-0.25, -0.2) is 9.80 Å². The van der Waals surface area contributed by atoms with Crippen LogP contribution in [0.3, 0.4) is 0 Å². The molecule has 1 amide bonds. The summed E-state index contributed by atoms with van der Waals surface area (Å²) in [6.45, 7) is 3.17. The molecule has 0 saturated carbocycles. The van der Waals surface area contributed by atoms with Crippen LogP contribution in [-0.4, -0.2) is 36.3 Å². The molecule has 0 spiro atoms. The van der Waals surface area contributed by atoms with Crippen molar-refractivity contribution in [1.82, 2.24) is 5.01 Å². The van der Waals surface area contributed by atoms with Crippen LogP contribution in [0.1, 0.15) is 37.6 Å². The third kappa shape index (κ3) is 4.49. The minimum absolute atomic E-state index is 0.387. The molecule has 146 valence electrons. The number of nitrogens with zero attached hydrogens (tertiary/aromatic N) is 2. The maximum Gasteiger partial charge on any atom is 0.331 e. The molecule has 0 fully saturated rings. The van der Waals surface area contributed by atoms with Crippen LogP contribution in [0.2, 0.25) is 0 Å². The number of hydrogen-bond acceptors (Lipinski definition) is 6. The zero-order chi connectivity index (χ0) is 20.1. The highest BCUT2D eigenvalue weighted by Crippen LogP contribution is 2.33. The zero-order valence-electron chi connectivity index (χ0n) is 16.0. The lowest BCUT2D eigenvalue weighted by atomic mass is 10.0. The molecule has 0 unspecified atom stereocenters. The first-order valence-electron chi connectivity index (χ1n) is 8.87. The summed E-state index contributed by atoms with van der Waals surface area (Å²) >= 11 is 0. The Balaban J connectivity index is 1.79. The third-order valence-corrected chi connectivity index (χ3v) is 4.21. The lowest BCUT2D eigenvalue weighted by Crippen LogP contribution is -2.31. The van der Waals surface area contributed by atoms with E-state index in [9.17, 15) is 9.59 Å². The molecule has 1 aromatic heterocycles. The molecule has 28 heavy (non-hydrogen) atoms. The lowest BCUT2D eigenvalue weighted by molar-refractivity contribution is -0.149. The van der Waals surface area contributed by atoms with E-state index in [1.165, 1.54) is 11.1 Å². The van der Waals surface area contributed by atoms with E-state index < -0.39 is 11.9 Å². The van der Waals surface area contributed by atoms with Gasteiger partial charge in [-0.1, -0.05) is 5.57 Å². The van der Waals surface area contributed by atoms with Gasteiger partial charge in [-0.3, -0.25) is 4.79 Å². The highest BCUT2D eigenvalue weighted by Gasteiger charge is 2.35. The van der Waals surface area contributed by atoms with Crippen LogP contribution in [0.15, 0.2) is 63.8 Å².